The highest BCUT2D eigenvalue weighted by atomic mass is 19.1. The van der Waals surface area contributed by atoms with Crippen LogP contribution in [-0.2, 0) is 6.54 Å². The van der Waals surface area contributed by atoms with Gasteiger partial charge in [0, 0.05) is 12.4 Å². The number of aromatic nitrogens is 3. The van der Waals surface area contributed by atoms with Gasteiger partial charge in [-0.15, -0.1) is 0 Å². The molecule has 1 amide bonds. The van der Waals surface area contributed by atoms with Crippen LogP contribution in [0.4, 0.5) is 4.39 Å². The van der Waals surface area contributed by atoms with Crippen molar-refractivity contribution in [3.8, 4) is 0 Å². The second-order valence-corrected chi connectivity index (χ2v) is 3.16. The van der Waals surface area contributed by atoms with Crippen molar-refractivity contribution >= 4 is 5.91 Å². The number of halogens is 1. The van der Waals surface area contributed by atoms with E-state index in [1.807, 2.05) is 0 Å². The predicted octanol–water partition coefficient (Wildman–Crippen LogP) is 0.874. The van der Waals surface area contributed by atoms with E-state index >= 15 is 0 Å². The van der Waals surface area contributed by atoms with Crippen LogP contribution in [0.15, 0.2) is 30.7 Å². The Kier molecular flexibility index (Phi) is 2.90. The largest absolute Gasteiger partial charge is 0.346 e. The number of pyridine rings is 1. The van der Waals surface area contributed by atoms with Crippen LogP contribution < -0.4 is 5.32 Å². The first-order valence-corrected chi connectivity index (χ1v) is 4.63. The fraction of sp³-hybridized carbons (Fsp3) is 0.100. The van der Waals surface area contributed by atoms with E-state index in [9.17, 15) is 9.18 Å². The third-order valence-electron chi connectivity index (χ3n) is 1.96. The van der Waals surface area contributed by atoms with Crippen molar-refractivity contribution in [1.82, 2.24) is 20.5 Å². The van der Waals surface area contributed by atoms with E-state index < -0.39 is 5.82 Å². The zero-order valence-corrected chi connectivity index (χ0v) is 8.27. The van der Waals surface area contributed by atoms with Crippen molar-refractivity contribution in [2.24, 2.45) is 0 Å². The number of carbonyl (C=O) groups excluding carboxylic acids is 1. The fourth-order valence-corrected chi connectivity index (χ4v) is 1.20. The maximum Gasteiger partial charge on any atom is 0.253 e. The highest BCUT2D eigenvalue weighted by Crippen LogP contribution is 2.01. The molecule has 2 rings (SSSR count). The molecular weight excluding hydrogens is 211 g/mol. The van der Waals surface area contributed by atoms with Crippen LogP contribution in [0.3, 0.4) is 0 Å². The van der Waals surface area contributed by atoms with Crippen LogP contribution in [0, 0.1) is 5.82 Å². The van der Waals surface area contributed by atoms with Gasteiger partial charge in [0.1, 0.15) is 5.82 Å². The second-order valence-electron chi connectivity index (χ2n) is 3.16. The van der Waals surface area contributed by atoms with Gasteiger partial charge in [-0.25, -0.2) is 4.39 Å². The van der Waals surface area contributed by atoms with Crippen molar-refractivity contribution in [2.45, 2.75) is 6.54 Å². The molecule has 16 heavy (non-hydrogen) atoms. The molecule has 2 heterocycles. The Balaban J connectivity index is 1.98. The molecule has 82 valence electrons. The van der Waals surface area contributed by atoms with Crippen LogP contribution in [0.5, 0.6) is 0 Å². The molecule has 0 unspecified atom stereocenters. The minimum atomic E-state index is -0.533. The summed E-state index contributed by atoms with van der Waals surface area (Å²) in [6.45, 7) is 0.315. The third-order valence-corrected chi connectivity index (χ3v) is 1.96. The molecule has 0 saturated carbocycles. The molecule has 0 fully saturated rings. The normalized spacial score (nSPS) is 10.1. The van der Waals surface area contributed by atoms with E-state index in [1.54, 1.807) is 12.3 Å². The van der Waals surface area contributed by atoms with Gasteiger partial charge in [0.25, 0.3) is 5.91 Å². The number of rotatable bonds is 3. The van der Waals surface area contributed by atoms with Gasteiger partial charge in [-0.1, -0.05) is 0 Å². The average Bonchev–Trinajstić information content (AvgIpc) is 2.78. The van der Waals surface area contributed by atoms with Crippen LogP contribution in [0.2, 0.25) is 0 Å². The first-order chi connectivity index (χ1) is 7.75. The van der Waals surface area contributed by atoms with E-state index in [-0.39, 0.29) is 11.5 Å². The molecule has 6 heteroatoms. The van der Waals surface area contributed by atoms with Gasteiger partial charge in [0.2, 0.25) is 0 Å². The lowest BCUT2D eigenvalue weighted by Crippen LogP contribution is -2.23. The number of carbonyl (C=O) groups is 1. The number of nitrogens with zero attached hydrogens (tertiary/aromatic N) is 2. The highest BCUT2D eigenvalue weighted by Gasteiger charge is 2.06. The summed E-state index contributed by atoms with van der Waals surface area (Å²) in [5, 5.41) is 9.05. The molecule has 0 spiro atoms. The Hall–Kier alpha value is -2.24. The lowest BCUT2D eigenvalue weighted by molar-refractivity contribution is 0.0949. The Labute approximate surface area is 90.7 Å². The zero-order chi connectivity index (χ0) is 11.4. The summed E-state index contributed by atoms with van der Waals surface area (Å²) in [6, 6.07) is 2.87. The summed E-state index contributed by atoms with van der Waals surface area (Å²) >= 11 is 0. The SMILES string of the molecule is O=C(NCc1ccn[nH]1)c1cncc(F)c1. The average molecular weight is 220 g/mol. The monoisotopic (exact) mass is 220 g/mol. The third kappa shape index (κ3) is 2.41. The number of aromatic amines is 1. The number of hydrogen-bond acceptors (Lipinski definition) is 3. The maximum atomic E-state index is 12.8. The molecule has 0 aliphatic carbocycles. The lowest BCUT2D eigenvalue weighted by Gasteiger charge is -2.02. The van der Waals surface area contributed by atoms with Crippen LogP contribution in [-0.4, -0.2) is 21.1 Å². The molecule has 0 aliphatic rings. The van der Waals surface area contributed by atoms with Gasteiger partial charge in [0.05, 0.1) is 24.0 Å². The van der Waals surface area contributed by atoms with Crippen LogP contribution in [0.25, 0.3) is 0 Å². The first-order valence-electron chi connectivity index (χ1n) is 4.63. The van der Waals surface area contributed by atoms with Crippen molar-refractivity contribution in [2.75, 3.05) is 0 Å². The standard InChI is InChI=1S/C10H9FN4O/c11-8-3-7(4-12-5-8)10(16)13-6-9-1-2-14-15-9/h1-5H,6H2,(H,13,16)(H,14,15). The van der Waals surface area contributed by atoms with Gasteiger partial charge < -0.3 is 5.32 Å². The van der Waals surface area contributed by atoms with Crippen LogP contribution in [0.1, 0.15) is 16.1 Å². The van der Waals surface area contributed by atoms with Gasteiger partial charge in [-0.2, -0.15) is 5.10 Å². The maximum absolute atomic E-state index is 12.8. The Morgan fingerprint density at radius 2 is 2.38 bits per heavy atom. The zero-order valence-electron chi connectivity index (χ0n) is 8.27. The summed E-state index contributed by atoms with van der Waals surface area (Å²) in [7, 11) is 0. The summed E-state index contributed by atoms with van der Waals surface area (Å²) in [6.07, 6.45) is 3.95. The molecule has 0 atom stereocenters. The first kappa shape index (κ1) is 10.3. The van der Waals surface area contributed by atoms with Gasteiger partial charge in [-0.05, 0) is 12.1 Å². The number of hydrogen-bond donors (Lipinski definition) is 2. The Morgan fingerprint density at radius 1 is 1.50 bits per heavy atom. The van der Waals surface area contributed by atoms with Crippen molar-refractivity contribution in [3.63, 3.8) is 0 Å². The highest BCUT2D eigenvalue weighted by molar-refractivity contribution is 5.93. The van der Waals surface area contributed by atoms with Gasteiger partial charge in [0.15, 0.2) is 0 Å². The fourth-order valence-electron chi connectivity index (χ4n) is 1.20. The minimum Gasteiger partial charge on any atom is -0.346 e. The predicted molar refractivity (Wildman–Crippen MR) is 54.0 cm³/mol. The number of nitrogens with one attached hydrogen (secondary N) is 2. The number of H-pyrrole nitrogens is 1. The summed E-state index contributed by atoms with van der Waals surface area (Å²) in [5.74, 6) is -0.907. The van der Waals surface area contributed by atoms with Crippen LogP contribution >= 0.6 is 0 Å². The van der Waals surface area contributed by atoms with E-state index in [0.29, 0.717) is 6.54 Å². The van der Waals surface area contributed by atoms with Gasteiger partial charge in [-0.3, -0.25) is 14.9 Å². The van der Waals surface area contributed by atoms with E-state index in [2.05, 4.69) is 20.5 Å². The molecule has 0 aromatic carbocycles. The molecule has 0 saturated heterocycles. The van der Waals surface area contributed by atoms with Crippen molar-refractivity contribution in [3.05, 3.63) is 47.8 Å². The lowest BCUT2D eigenvalue weighted by atomic mass is 10.2. The van der Waals surface area contributed by atoms with Gasteiger partial charge >= 0.3 is 0 Å². The van der Waals surface area contributed by atoms with Crippen molar-refractivity contribution < 1.29 is 9.18 Å². The summed E-state index contributed by atoms with van der Waals surface area (Å²) in [4.78, 5) is 15.1. The number of amides is 1. The van der Waals surface area contributed by atoms with E-state index in [1.165, 1.54) is 6.20 Å². The molecule has 0 radical (unpaired) electrons. The topological polar surface area (TPSA) is 70.7 Å². The molecule has 0 aliphatic heterocycles. The molecule has 2 aromatic heterocycles. The molecule has 2 aromatic rings. The quantitative estimate of drug-likeness (QED) is 0.806. The Morgan fingerprint density at radius 3 is 3.06 bits per heavy atom. The van der Waals surface area contributed by atoms with E-state index in [0.717, 1.165) is 18.0 Å². The Bertz CT molecular complexity index is 483. The molecule has 0 bridgehead atoms. The molecule has 5 nitrogen and oxygen atoms in total. The van der Waals surface area contributed by atoms with Crippen molar-refractivity contribution in [1.29, 1.82) is 0 Å². The minimum absolute atomic E-state index is 0.194. The molecule has 2 N–H and O–H groups in total. The smallest absolute Gasteiger partial charge is 0.253 e. The summed E-state index contributed by atoms with van der Waals surface area (Å²) in [5.41, 5.74) is 0.970. The second kappa shape index (κ2) is 4.52. The molecular formula is C10H9FN4O. The summed E-state index contributed by atoms with van der Waals surface area (Å²) < 4.78 is 12.8. The van der Waals surface area contributed by atoms with E-state index in [4.69, 9.17) is 0 Å².